The highest BCUT2D eigenvalue weighted by Crippen LogP contribution is 2.16. The van der Waals surface area contributed by atoms with Gasteiger partial charge in [-0.25, -0.2) is 15.0 Å². The van der Waals surface area contributed by atoms with E-state index in [4.69, 9.17) is 0 Å². The number of hydrogen-bond acceptors (Lipinski definition) is 6. The highest BCUT2D eigenvalue weighted by Gasteiger charge is 2.16. The number of nitrogens with one attached hydrogen (secondary N) is 1. The molecule has 2 aromatic heterocycles. The zero-order valence-electron chi connectivity index (χ0n) is 14.8. The Kier molecular flexibility index (Phi) is 5.25. The van der Waals surface area contributed by atoms with Crippen LogP contribution in [0.2, 0.25) is 0 Å². The van der Waals surface area contributed by atoms with Crippen molar-refractivity contribution in [3.63, 3.8) is 0 Å². The summed E-state index contributed by atoms with van der Waals surface area (Å²) < 4.78 is 0. The summed E-state index contributed by atoms with van der Waals surface area (Å²) in [5.41, 5.74) is 3.31. The zero-order chi connectivity index (χ0) is 16.9. The van der Waals surface area contributed by atoms with Crippen molar-refractivity contribution in [1.82, 2.24) is 19.9 Å². The SMILES string of the molecule is CCN1CCN(c2cc(CNc3ncc(C)c(C)n3)ccn2)CC1. The Morgan fingerprint density at radius 1 is 1.12 bits per heavy atom. The number of pyridine rings is 1. The van der Waals surface area contributed by atoms with Gasteiger partial charge in [0.25, 0.3) is 0 Å². The quantitative estimate of drug-likeness (QED) is 0.909. The lowest BCUT2D eigenvalue weighted by molar-refractivity contribution is 0.270. The summed E-state index contributed by atoms with van der Waals surface area (Å²) in [6.45, 7) is 12.4. The minimum atomic E-state index is 0.674. The van der Waals surface area contributed by atoms with Crippen molar-refractivity contribution < 1.29 is 0 Å². The van der Waals surface area contributed by atoms with Crippen LogP contribution in [-0.2, 0) is 6.54 Å². The fourth-order valence-corrected chi connectivity index (χ4v) is 2.83. The number of piperazine rings is 1. The Labute approximate surface area is 143 Å². The number of anilines is 2. The third-order valence-corrected chi connectivity index (χ3v) is 4.63. The molecule has 1 aliphatic rings. The lowest BCUT2D eigenvalue weighted by atomic mass is 10.2. The summed E-state index contributed by atoms with van der Waals surface area (Å²) in [5, 5.41) is 3.30. The third kappa shape index (κ3) is 4.00. The van der Waals surface area contributed by atoms with Crippen molar-refractivity contribution in [3.05, 3.63) is 41.3 Å². The van der Waals surface area contributed by atoms with E-state index in [9.17, 15) is 0 Å². The number of hydrogen-bond donors (Lipinski definition) is 1. The summed E-state index contributed by atoms with van der Waals surface area (Å²) in [4.78, 5) is 18.2. The molecule has 0 saturated carbocycles. The maximum absolute atomic E-state index is 4.54. The van der Waals surface area contributed by atoms with Gasteiger partial charge in [-0.2, -0.15) is 0 Å². The average molecular weight is 326 g/mol. The lowest BCUT2D eigenvalue weighted by Crippen LogP contribution is -2.46. The highest BCUT2D eigenvalue weighted by atomic mass is 15.3. The number of aryl methyl sites for hydroxylation is 2. The molecule has 0 amide bonds. The van der Waals surface area contributed by atoms with Crippen molar-refractivity contribution in [3.8, 4) is 0 Å². The molecule has 1 saturated heterocycles. The molecule has 128 valence electrons. The molecule has 3 heterocycles. The van der Waals surface area contributed by atoms with Crippen LogP contribution in [-0.4, -0.2) is 52.6 Å². The average Bonchev–Trinajstić information content (AvgIpc) is 2.63. The molecule has 6 heteroatoms. The van der Waals surface area contributed by atoms with Crippen molar-refractivity contribution in [2.75, 3.05) is 42.9 Å². The Hall–Kier alpha value is -2.21. The van der Waals surface area contributed by atoms with Gasteiger partial charge in [0.1, 0.15) is 5.82 Å². The van der Waals surface area contributed by atoms with E-state index in [0.717, 1.165) is 49.8 Å². The molecule has 6 nitrogen and oxygen atoms in total. The van der Waals surface area contributed by atoms with Crippen molar-refractivity contribution in [2.45, 2.75) is 27.3 Å². The Morgan fingerprint density at radius 3 is 2.62 bits per heavy atom. The van der Waals surface area contributed by atoms with E-state index in [2.05, 4.69) is 43.1 Å². The molecule has 24 heavy (non-hydrogen) atoms. The number of nitrogens with zero attached hydrogens (tertiary/aromatic N) is 5. The van der Waals surface area contributed by atoms with Crippen LogP contribution in [0.5, 0.6) is 0 Å². The number of rotatable bonds is 5. The maximum Gasteiger partial charge on any atom is 0.223 e. The molecule has 0 aliphatic carbocycles. The Morgan fingerprint density at radius 2 is 1.92 bits per heavy atom. The number of aromatic nitrogens is 3. The van der Waals surface area contributed by atoms with Gasteiger partial charge in [0.2, 0.25) is 5.95 Å². The van der Waals surface area contributed by atoms with E-state index in [0.29, 0.717) is 12.5 Å². The van der Waals surface area contributed by atoms with Crippen LogP contribution >= 0.6 is 0 Å². The zero-order valence-corrected chi connectivity index (χ0v) is 14.8. The smallest absolute Gasteiger partial charge is 0.223 e. The van der Waals surface area contributed by atoms with Crippen molar-refractivity contribution in [2.24, 2.45) is 0 Å². The first-order valence-electron chi connectivity index (χ1n) is 8.62. The van der Waals surface area contributed by atoms with E-state index in [-0.39, 0.29) is 0 Å². The van der Waals surface area contributed by atoms with Gasteiger partial charge < -0.3 is 15.1 Å². The van der Waals surface area contributed by atoms with Gasteiger partial charge in [-0.3, -0.25) is 0 Å². The second-order valence-corrected chi connectivity index (χ2v) is 6.26. The molecule has 0 radical (unpaired) electrons. The van der Waals surface area contributed by atoms with Crippen molar-refractivity contribution >= 4 is 11.8 Å². The van der Waals surface area contributed by atoms with Gasteiger partial charge in [-0.05, 0) is 43.7 Å². The second-order valence-electron chi connectivity index (χ2n) is 6.26. The second kappa shape index (κ2) is 7.57. The summed E-state index contributed by atoms with van der Waals surface area (Å²) in [7, 11) is 0. The van der Waals surface area contributed by atoms with Crippen LogP contribution in [0, 0.1) is 13.8 Å². The van der Waals surface area contributed by atoms with Gasteiger partial charge in [-0.15, -0.1) is 0 Å². The van der Waals surface area contributed by atoms with Crippen molar-refractivity contribution in [1.29, 1.82) is 0 Å². The minimum Gasteiger partial charge on any atom is -0.354 e. The van der Waals surface area contributed by atoms with Crippen LogP contribution in [0.25, 0.3) is 0 Å². The van der Waals surface area contributed by atoms with Crippen LogP contribution in [0.4, 0.5) is 11.8 Å². The topological polar surface area (TPSA) is 57.2 Å². The predicted octanol–water partition coefficient (Wildman–Crippen LogP) is 2.24. The van der Waals surface area contributed by atoms with Gasteiger partial charge in [0.05, 0.1) is 0 Å². The van der Waals surface area contributed by atoms with Gasteiger partial charge in [-0.1, -0.05) is 6.92 Å². The fourth-order valence-electron chi connectivity index (χ4n) is 2.83. The van der Waals surface area contributed by atoms with E-state index in [1.807, 2.05) is 32.3 Å². The van der Waals surface area contributed by atoms with Crippen LogP contribution in [0.15, 0.2) is 24.5 Å². The van der Waals surface area contributed by atoms with Crippen LogP contribution in [0.1, 0.15) is 23.7 Å². The molecule has 2 aromatic rings. The molecule has 0 bridgehead atoms. The molecule has 0 atom stereocenters. The van der Waals surface area contributed by atoms with E-state index in [1.165, 1.54) is 5.56 Å². The molecule has 0 unspecified atom stereocenters. The highest BCUT2D eigenvalue weighted by molar-refractivity contribution is 5.42. The molecular weight excluding hydrogens is 300 g/mol. The maximum atomic E-state index is 4.54. The number of likely N-dealkylation sites (N-methyl/N-ethyl adjacent to an activating group) is 1. The van der Waals surface area contributed by atoms with Gasteiger partial charge in [0, 0.05) is 50.8 Å². The normalized spacial score (nSPS) is 15.5. The van der Waals surface area contributed by atoms with Gasteiger partial charge in [0.15, 0.2) is 0 Å². The Bertz CT molecular complexity index is 679. The van der Waals surface area contributed by atoms with E-state index < -0.39 is 0 Å². The Balaban J connectivity index is 1.62. The standard InChI is InChI=1S/C18H26N6/c1-4-23-7-9-24(10-8-23)17-11-16(5-6-19-17)13-21-18-20-12-14(2)15(3)22-18/h5-6,11-12H,4,7-10,13H2,1-3H3,(H,20,21,22). The summed E-state index contributed by atoms with van der Waals surface area (Å²) >= 11 is 0. The molecule has 0 spiro atoms. The fraction of sp³-hybridized carbons (Fsp3) is 0.500. The minimum absolute atomic E-state index is 0.674. The predicted molar refractivity (Wildman–Crippen MR) is 97.4 cm³/mol. The van der Waals surface area contributed by atoms with E-state index >= 15 is 0 Å². The van der Waals surface area contributed by atoms with Gasteiger partial charge >= 0.3 is 0 Å². The monoisotopic (exact) mass is 326 g/mol. The lowest BCUT2D eigenvalue weighted by Gasteiger charge is -2.34. The first kappa shape index (κ1) is 16.6. The molecular formula is C18H26N6. The molecule has 1 aliphatic heterocycles. The summed E-state index contributed by atoms with van der Waals surface area (Å²) in [6.07, 6.45) is 3.75. The summed E-state index contributed by atoms with van der Waals surface area (Å²) in [6, 6.07) is 4.20. The first-order valence-corrected chi connectivity index (χ1v) is 8.62. The molecule has 3 rings (SSSR count). The first-order chi connectivity index (χ1) is 11.7. The molecule has 0 aromatic carbocycles. The summed E-state index contributed by atoms with van der Waals surface area (Å²) in [5.74, 6) is 1.74. The largest absolute Gasteiger partial charge is 0.354 e. The molecule has 1 N–H and O–H groups in total. The van der Waals surface area contributed by atoms with E-state index in [1.54, 1.807) is 0 Å². The van der Waals surface area contributed by atoms with Crippen LogP contribution < -0.4 is 10.2 Å². The third-order valence-electron chi connectivity index (χ3n) is 4.63. The molecule has 1 fully saturated rings. The van der Waals surface area contributed by atoms with Crippen LogP contribution in [0.3, 0.4) is 0 Å².